The number of dihydropyridines is 1. The summed E-state index contributed by atoms with van der Waals surface area (Å²) in [5, 5.41) is 3.69. The molecule has 1 heteroatoms. The van der Waals surface area contributed by atoms with Gasteiger partial charge in [-0.1, -0.05) is 142 Å². The molecule has 0 fully saturated rings. The lowest BCUT2D eigenvalue weighted by atomic mass is 9.88. The minimum Gasteiger partial charge on any atom is -0.363 e. The topological polar surface area (TPSA) is 12.0 Å². The summed E-state index contributed by atoms with van der Waals surface area (Å²) in [7, 11) is 0. The van der Waals surface area contributed by atoms with Crippen LogP contribution in [-0.2, 0) is 0 Å². The van der Waals surface area contributed by atoms with Gasteiger partial charge >= 0.3 is 0 Å². The van der Waals surface area contributed by atoms with Crippen molar-refractivity contribution < 1.29 is 0 Å². The van der Waals surface area contributed by atoms with Crippen LogP contribution in [0.4, 0.5) is 0 Å². The molecule has 0 spiro atoms. The van der Waals surface area contributed by atoms with Crippen molar-refractivity contribution in [3.8, 4) is 0 Å². The van der Waals surface area contributed by atoms with Gasteiger partial charge in [-0.05, 0) is 62.7 Å². The van der Waals surface area contributed by atoms with E-state index in [1.807, 2.05) is 0 Å². The lowest BCUT2D eigenvalue weighted by molar-refractivity contribution is 0.549. The van der Waals surface area contributed by atoms with Gasteiger partial charge in [0.1, 0.15) is 0 Å². The maximum Gasteiger partial charge on any atom is 0.0155 e. The number of hydrogen-bond donors (Lipinski definition) is 1. The Morgan fingerprint density at radius 3 is 1.43 bits per heavy atom. The number of rotatable bonds is 24. The molecule has 0 aliphatic carbocycles. The number of nitrogens with one attached hydrogen (secondary N) is 1. The smallest absolute Gasteiger partial charge is 0.0155 e. The van der Waals surface area contributed by atoms with Crippen molar-refractivity contribution in [3.63, 3.8) is 0 Å². The molecule has 0 bridgehead atoms. The fourth-order valence-electron chi connectivity index (χ4n) is 5.57. The summed E-state index contributed by atoms with van der Waals surface area (Å²) in [6, 6.07) is 0. The Kier molecular flexibility index (Phi) is 20.4. The Morgan fingerprint density at radius 1 is 0.571 bits per heavy atom. The van der Waals surface area contributed by atoms with E-state index in [4.69, 9.17) is 0 Å². The van der Waals surface area contributed by atoms with Gasteiger partial charge in [0.15, 0.2) is 0 Å². The highest BCUT2D eigenvalue weighted by Crippen LogP contribution is 2.32. The molecule has 0 amide bonds. The highest BCUT2D eigenvalue weighted by molar-refractivity contribution is 5.41. The van der Waals surface area contributed by atoms with Crippen molar-refractivity contribution in [1.29, 1.82) is 0 Å². The van der Waals surface area contributed by atoms with Crippen molar-refractivity contribution >= 4 is 0 Å². The van der Waals surface area contributed by atoms with E-state index in [-0.39, 0.29) is 0 Å². The highest BCUT2D eigenvalue weighted by atomic mass is 14.9. The zero-order chi connectivity index (χ0) is 25.6. The van der Waals surface area contributed by atoms with E-state index in [0.717, 1.165) is 6.42 Å². The molecule has 0 aromatic heterocycles. The molecule has 1 rings (SSSR count). The summed E-state index contributed by atoms with van der Waals surface area (Å²) in [6.07, 6.45) is 33.2. The first-order chi connectivity index (χ1) is 17.1. The maximum absolute atomic E-state index is 4.51. The molecule has 0 aromatic rings. The first-order valence-corrected chi connectivity index (χ1v) is 15.9. The molecule has 0 radical (unpaired) electrons. The number of unbranched alkanes of at least 4 members (excludes halogenated alkanes) is 19. The van der Waals surface area contributed by atoms with Gasteiger partial charge in [-0.15, -0.1) is 0 Å². The molecule has 204 valence electrons. The van der Waals surface area contributed by atoms with Crippen molar-refractivity contribution in [2.24, 2.45) is 0 Å². The van der Waals surface area contributed by atoms with Crippen LogP contribution < -0.4 is 5.32 Å². The molecule has 1 aliphatic rings. The SMILES string of the molecule is C=C(CCCCCCCCCCCCC)C1=C(C)NC(C)=C(CCCCCCCCCCCC)C1. The van der Waals surface area contributed by atoms with Gasteiger partial charge in [-0.25, -0.2) is 0 Å². The molecule has 0 aromatic carbocycles. The standard InChI is InChI=1S/C34H63N/c1-6-8-10-12-14-16-18-19-21-23-25-27-30(3)34-29-33(31(4)35-32(34)5)28-26-24-22-20-17-15-13-11-9-7-2/h35H,3,6-29H2,1-2,4-5H3. The lowest BCUT2D eigenvalue weighted by Crippen LogP contribution is -2.19. The molecule has 0 unspecified atom stereocenters. The van der Waals surface area contributed by atoms with Crippen molar-refractivity contribution in [2.75, 3.05) is 0 Å². The molecular formula is C34H63N. The quantitative estimate of drug-likeness (QED) is 0.134. The van der Waals surface area contributed by atoms with E-state index in [1.165, 1.54) is 170 Å². The maximum atomic E-state index is 4.51. The fraction of sp³-hybridized carbons (Fsp3) is 0.824. The number of hydrogen-bond acceptors (Lipinski definition) is 1. The Balaban J connectivity index is 2.13. The van der Waals surface area contributed by atoms with E-state index >= 15 is 0 Å². The van der Waals surface area contributed by atoms with Crippen molar-refractivity contribution in [2.45, 2.75) is 182 Å². The molecule has 0 saturated heterocycles. The molecule has 1 heterocycles. The first kappa shape index (κ1) is 32.0. The summed E-state index contributed by atoms with van der Waals surface area (Å²) in [6.45, 7) is 13.6. The van der Waals surface area contributed by atoms with Crippen LogP contribution in [0.2, 0.25) is 0 Å². The minimum atomic E-state index is 1.14. The van der Waals surface area contributed by atoms with E-state index in [2.05, 4.69) is 39.6 Å². The van der Waals surface area contributed by atoms with E-state index in [1.54, 1.807) is 5.57 Å². The summed E-state index contributed by atoms with van der Waals surface area (Å²) >= 11 is 0. The van der Waals surface area contributed by atoms with Crippen LogP contribution >= 0.6 is 0 Å². The minimum absolute atomic E-state index is 1.14. The summed E-state index contributed by atoms with van der Waals surface area (Å²) < 4.78 is 0. The first-order valence-electron chi connectivity index (χ1n) is 15.9. The molecule has 1 nitrogen and oxygen atoms in total. The van der Waals surface area contributed by atoms with Gasteiger partial charge < -0.3 is 5.32 Å². The highest BCUT2D eigenvalue weighted by Gasteiger charge is 2.17. The van der Waals surface area contributed by atoms with Crippen LogP contribution in [-0.4, -0.2) is 0 Å². The predicted molar refractivity (Wildman–Crippen MR) is 160 cm³/mol. The molecule has 0 saturated carbocycles. The predicted octanol–water partition coefficient (Wildman–Crippen LogP) is 12.1. The summed E-state index contributed by atoms with van der Waals surface area (Å²) in [5.74, 6) is 0. The Hall–Kier alpha value is -0.980. The van der Waals surface area contributed by atoms with Gasteiger partial charge in [0.25, 0.3) is 0 Å². The van der Waals surface area contributed by atoms with E-state index in [9.17, 15) is 0 Å². The van der Waals surface area contributed by atoms with Crippen molar-refractivity contribution in [3.05, 3.63) is 34.7 Å². The Labute approximate surface area is 221 Å². The zero-order valence-electron chi connectivity index (χ0n) is 24.7. The summed E-state index contributed by atoms with van der Waals surface area (Å²) in [4.78, 5) is 0. The molecule has 0 atom stereocenters. The van der Waals surface area contributed by atoms with Gasteiger partial charge in [0.2, 0.25) is 0 Å². The van der Waals surface area contributed by atoms with Crippen LogP contribution in [0.3, 0.4) is 0 Å². The number of allylic oxidation sites excluding steroid dienone is 5. The second-order valence-corrected chi connectivity index (χ2v) is 11.5. The normalized spacial score (nSPS) is 14.1. The zero-order valence-corrected chi connectivity index (χ0v) is 24.7. The molecule has 1 aliphatic heterocycles. The van der Waals surface area contributed by atoms with Gasteiger partial charge in [0, 0.05) is 11.4 Å². The lowest BCUT2D eigenvalue weighted by Gasteiger charge is -2.26. The largest absolute Gasteiger partial charge is 0.363 e. The third kappa shape index (κ3) is 16.4. The van der Waals surface area contributed by atoms with Crippen LogP contribution in [0, 0.1) is 0 Å². The van der Waals surface area contributed by atoms with Crippen LogP contribution in [0.25, 0.3) is 0 Å². The average Bonchev–Trinajstić information content (AvgIpc) is 2.84. The second-order valence-electron chi connectivity index (χ2n) is 11.5. The molecular weight excluding hydrogens is 422 g/mol. The van der Waals surface area contributed by atoms with E-state index in [0.29, 0.717) is 0 Å². The average molecular weight is 486 g/mol. The van der Waals surface area contributed by atoms with Crippen molar-refractivity contribution in [1.82, 2.24) is 5.32 Å². The third-order valence-corrected chi connectivity index (χ3v) is 8.09. The van der Waals surface area contributed by atoms with Crippen LogP contribution in [0.1, 0.15) is 182 Å². The van der Waals surface area contributed by atoms with Crippen LogP contribution in [0.15, 0.2) is 34.7 Å². The van der Waals surface area contributed by atoms with Crippen LogP contribution in [0.5, 0.6) is 0 Å². The van der Waals surface area contributed by atoms with Gasteiger partial charge in [-0.3, -0.25) is 0 Å². The summed E-state index contributed by atoms with van der Waals surface area (Å²) in [5.41, 5.74) is 7.28. The Bertz CT molecular complexity index is 594. The van der Waals surface area contributed by atoms with E-state index < -0.39 is 0 Å². The monoisotopic (exact) mass is 485 g/mol. The van der Waals surface area contributed by atoms with Gasteiger partial charge in [-0.2, -0.15) is 0 Å². The molecule has 1 N–H and O–H groups in total. The second kappa shape index (κ2) is 22.2. The fourth-order valence-corrected chi connectivity index (χ4v) is 5.57. The van der Waals surface area contributed by atoms with Gasteiger partial charge in [0.05, 0.1) is 0 Å². The molecule has 35 heavy (non-hydrogen) atoms. The Morgan fingerprint density at radius 2 is 0.971 bits per heavy atom. The third-order valence-electron chi connectivity index (χ3n) is 8.09.